The summed E-state index contributed by atoms with van der Waals surface area (Å²) >= 11 is 0. The van der Waals surface area contributed by atoms with E-state index >= 15 is 0 Å². The Morgan fingerprint density at radius 2 is 0.961 bits per heavy atom. The average Bonchev–Trinajstić information content (AvgIpc) is 3.87. The lowest BCUT2D eigenvalue weighted by Gasteiger charge is -2.08. The number of nitrogens with zero attached hydrogens (tertiary/aromatic N) is 4. The SMILES string of the molecule is c1ccc(-c2nc(-c3ccccc3)nc(-c3cccc4c3oc3ccc5c6ccc(-n7c8ccccc8c8ccccc87)cc6oc5c34)n2)cc1. The summed E-state index contributed by atoms with van der Waals surface area (Å²) in [7, 11) is 0. The van der Waals surface area contributed by atoms with Crippen molar-refractivity contribution < 1.29 is 8.83 Å². The Kier molecular flexibility index (Phi) is 5.86. The summed E-state index contributed by atoms with van der Waals surface area (Å²) in [6.45, 7) is 0. The first kappa shape index (κ1) is 27.9. The predicted molar refractivity (Wildman–Crippen MR) is 205 cm³/mol. The van der Waals surface area contributed by atoms with Gasteiger partial charge < -0.3 is 13.4 Å². The number of fused-ring (bicyclic) bond motifs is 10. The van der Waals surface area contributed by atoms with Gasteiger partial charge in [-0.25, -0.2) is 15.0 Å². The third-order valence-electron chi connectivity index (χ3n) is 9.86. The molecule has 11 aromatic rings. The molecule has 11 rings (SSSR count). The van der Waals surface area contributed by atoms with Crippen molar-refractivity contribution >= 4 is 65.7 Å². The smallest absolute Gasteiger partial charge is 0.167 e. The average molecular weight is 655 g/mol. The van der Waals surface area contributed by atoms with Crippen LogP contribution in [-0.4, -0.2) is 19.5 Å². The monoisotopic (exact) mass is 654 g/mol. The summed E-state index contributed by atoms with van der Waals surface area (Å²) in [5.41, 5.74) is 9.05. The van der Waals surface area contributed by atoms with Crippen molar-refractivity contribution in [3.05, 3.63) is 158 Å². The molecule has 51 heavy (non-hydrogen) atoms. The van der Waals surface area contributed by atoms with Gasteiger partial charge in [0, 0.05) is 49.8 Å². The van der Waals surface area contributed by atoms with Crippen LogP contribution in [0.2, 0.25) is 0 Å². The Bertz CT molecular complexity index is 3030. The van der Waals surface area contributed by atoms with Crippen molar-refractivity contribution in [1.29, 1.82) is 0 Å². The molecule has 7 aromatic carbocycles. The van der Waals surface area contributed by atoms with Gasteiger partial charge in [-0.2, -0.15) is 0 Å². The highest BCUT2D eigenvalue weighted by atomic mass is 16.3. The maximum Gasteiger partial charge on any atom is 0.167 e. The van der Waals surface area contributed by atoms with Gasteiger partial charge in [-0.05, 0) is 42.5 Å². The van der Waals surface area contributed by atoms with Crippen LogP contribution in [0.15, 0.2) is 167 Å². The van der Waals surface area contributed by atoms with Crippen molar-refractivity contribution in [1.82, 2.24) is 19.5 Å². The van der Waals surface area contributed by atoms with Crippen LogP contribution in [0.1, 0.15) is 0 Å². The van der Waals surface area contributed by atoms with Crippen molar-refractivity contribution in [2.45, 2.75) is 0 Å². The van der Waals surface area contributed by atoms with Gasteiger partial charge in [-0.15, -0.1) is 0 Å². The van der Waals surface area contributed by atoms with E-state index in [1.165, 1.54) is 10.8 Å². The molecule has 0 aliphatic rings. The first-order valence-corrected chi connectivity index (χ1v) is 16.9. The fourth-order valence-corrected chi connectivity index (χ4v) is 7.55. The van der Waals surface area contributed by atoms with E-state index in [0.29, 0.717) is 23.1 Å². The van der Waals surface area contributed by atoms with Gasteiger partial charge in [0.1, 0.15) is 22.3 Å². The summed E-state index contributed by atoms with van der Waals surface area (Å²) in [4.78, 5) is 14.8. The van der Waals surface area contributed by atoms with Crippen LogP contribution >= 0.6 is 0 Å². The second-order valence-electron chi connectivity index (χ2n) is 12.8. The van der Waals surface area contributed by atoms with Crippen LogP contribution < -0.4 is 0 Å². The molecule has 0 saturated heterocycles. The molecule has 0 aliphatic heterocycles. The molecule has 6 heteroatoms. The van der Waals surface area contributed by atoms with Gasteiger partial charge >= 0.3 is 0 Å². The van der Waals surface area contributed by atoms with E-state index in [2.05, 4.69) is 83.4 Å². The standard InChI is InChI=1S/C45H26N4O2/c1-3-12-27(13-4-1)43-46-44(28-14-5-2-6-15-28)48-45(47-43)35-19-11-18-34-40-38(50-41(34)35)25-24-33-32-23-22-29(26-39(32)51-42(33)40)49-36-20-9-7-16-30(36)31-17-8-10-21-37(31)49/h1-26H. The van der Waals surface area contributed by atoms with Gasteiger partial charge in [-0.3, -0.25) is 0 Å². The van der Waals surface area contributed by atoms with Crippen molar-refractivity contribution in [3.63, 3.8) is 0 Å². The summed E-state index contributed by atoms with van der Waals surface area (Å²) in [5.74, 6) is 1.75. The van der Waals surface area contributed by atoms with E-state index in [1.54, 1.807) is 0 Å². The molecule has 0 fully saturated rings. The van der Waals surface area contributed by atoms with Crippen molar-refractivity contribution in [2.75, 3.05) is 0 Å². The Morgan fingerprint density at radius 3 is 1.65 bits per heavy atom. The van der Waals surface area contributed by atoms with Gasteiger partial charge in [0.05, 0.1) is 22.0 Å². The topological polar surface area (TPSA) is 69.9 Å². The Hall–Kier alpha value is -7.05. The highest BCUT2D eigenvalue weighted by Gasteiger charge is 2.21. The Balaban J connectivity index is 1.12. The lowest BCUT2D eigenvalue weighted by Crippen LogP contribution is -2.00. The molecule has 0 unspecified atom stereocenters. The summed E-state index contributed by atoms with van der Waals surface area (Å²) in [5, 5.41) is 6.42. The van der Waals surface area contributed by atoms with Crippen LogP contribution in [-0.2, 0) is 0 Å². The third-order valence-corrected chi connectivity index (χ3v) is 9.86. The molecule has 0 saturated carbocycles. The number of hydrogen-bond acceptors (Lipinski definition) is 5. The molecule has 0 aliphatic carbocycles. The van der Waals surface area contributed by atoms with E-state index in [1.807, 2.05) is 78.9 Å². The molecule has 4 heterocycles. The van der Waals surface area contributed by atoms with Crippen molar-refractivity contribution in [2.24, 2.45) is 0 Å². The van der Waals surface area contributed by atoms with Gasteiger partial charge in [0.2, 0.25) is 0 Å². The van der Waals surface area contributed by atoms with Gasteiger partial charge in [0.25, 0.3) is 0 Å². The molecule has 6 nitrogen and oxygen atoms in total. The summed E-state index contributed by atoms with van der Waals surface area (Å²) in [6.07, 6.45) is 0. The molecule has 0 spiro atoms. The molecular weight excluding hydrogens is 629 g/mol. The molecular formula is C45H26N4O2. The highest BCUT2D eigenvalue weighted by Crippen LogP contribution is 2.42. The van der Waals surface area contributed by atoms with Crippen LogP contribution in [0.25, 0.3) is 106 Å². The molecule has 0 N–H and O–H groups in total. The van der Waals surface area contributed by atoms with Crippen molar-refractivity contribution in [3.8, 4) is 39.9 Å². The number of benzene rings is 7. The molecule has 0 atom stereocenters. The normalized spacial score (nSPS) is 11.9. The zero-order valence-electron chi connectivity index (χ0n) is 27.1. The highest BCUT2D eigenvalue weighted by molar-refractivity contribution is 6.23. The minimum Gasteiger partial charge on any atom is -0.455 e. The maximum atomic E-state index is 6.78. The summed E-state index contributed by atoms with van der Waals surface area (Å²) < 4.78 is 15.7. The molecule has 0 bridgehead atoms. The quantitative estimate of drug-likeness (QED) is 0.189. The first-order chi connectivity index (χ1) is 25.3. The zero-order chi connectivity index (χ0) is 33.5. The Labute approximate surface area is 290 Å². The number of hydrogen-bond donors (Lipinski definition) is 0. The Morgan fingerprint density at radius 1 is 0.392 bits per heavy atom. The van der Waals surface area contributed by atoms with Crippen LogP contribution in [0.5, 0.6) is 0 Å². The predicted octanol–water partition coefficient (Wildman–Crippen LogP) is 11.8. The maximum absolute atomic E-state index is 6.78. The molecule has 4 aromatic heterocycles. The lowest BCUT2D eigenvalue weighted by molar-refractivity contribution is 0.663. The van der Waals surface area contributed by atoms with E-state index in [9.17, 15) is 0 Å². The first-order valence-electron chi connectivity index (χ1n) is 16.9. The number of aromatic nitrogens is 4. The largest absolute Gasteiger partial charge is 0.455 e. The second-order valence-corrected chi connectivity index (χ2v) is 12.8. The fourth-order valence-electron chi connectivity index (χ4n) is 7.55. The number of para-hydroxylation sites is 3. The van der Waals surface area contributed by atoms with Crippen LogP contribution in [0.3, 0.4) is 0 Å². The van der Waals surface area contributed by atoms with E-state index in [0.717, 1.165) is 71.7 Å². The third kappa shape index (κ3) is 4.20. The van der Waals surface area contributed by atoms with E-state index < -0.39 is 0 Å². The van der Waals surface area contributed by atoms with Crippen LogP contribution in [0.4, 0.5) is 0 Å². The molecule has 0 radical (unpaired) electrons. The fraction of sp³-hybridized carbons (Fsp3) is 0. The number of rotatable bonds is 4. The van der Waals surface area contributed by atoms with Gasteiger partial charge in [-0.1, -0.05) is 109 Å². The van der Waals surface area contributed by atoms with E-state index in [4.69, 9.17) is 23.8 Å². The minimum atomic E-state index is 0.545. The lowest BCUT2D eigenvalue weighted by atomic mass is 10.1. The minimum absolute atomic E-state index is 0.545. The molecule has 238 valence electrons. The molecule has 0 amide bonds. The summed E-state index contributed by atoms with van der Waals surface area (Å²) in [6, 6.07) is 53.8. The van der Waals surface area contributed by atoms with Crippen LogP contribution in [0, 0.1) is 0 Å². The number of furan rings is 2. The second kappa shape index (κ2) is 10.7. The van der Waals surface area contributed by atoms with Gasteiger partial charge in [0.15, 0.2) is 17.5 Å². The zero-order valence-corrected chi connectivity index (χ0v) is 27.1. The van der Waals surface area contributed by atoms with E-state index in [-0.39, 0.29) is 0 Å².